The fraction of sp³-hybridized carbons (Fsp3) is 0.455. The van der Waals surface area contributed by atoms with Gasteiger partial charge in [0.2, 0.25) is 0 Å². The average molecular weight is 271 g/mol. The fourth-order valence-electron chi connectivity index (χ4n) is 1.72. The molecule has 1 aliphatic heterocycles. The van der Waals surface area contributed by atoms with Crippen LogP contribution in [0.2, 0.25) is 0 Å². The van der Waals surface area contributed by atoms with Gasteiger partial charge in [-0.3, -0.25) is 0 Å². The van der Waals surface area contributed by atoms with Gasteiger partial charge in [-0.05, 0) is 40.7 Å². The van der Waals surface area contributed by atoms with E-state index in [1.54, 1.807) is 0 Å². The lowest BCUT2D eigenvalue weighted by Crippen LogP contribution is -2.35. The van der Waals surface area contributed by atoms with Crippen molar-refractivity contribution in [3.05, 3.63) is 28.2 Å². The van der Waals surface area contributed by atoms with Gasteiger partial charge in [-0.25, -0.2) is 0 Å². The Balaban J connectivity index is 2.18. The molecule has 0 aromatic heterocycles. The monoisotopic (exact) mass is 270 g/mol. The van der Waals surface area contributed by atoms with E-state index in [0.29, 0.717) is 0 Å². The lowest BCUT2D eigenvalue weighted by molar-refractivity contribution is -0.0209. The van der Waals surface area contributed by atoms with E-state index in [1.807, 2.05) is 18.2 Å². The normalized spacial score (nSPS) is 22.9. The smallest absolute Gasteiger partial charge is 0.0952 e. The van der Waals surface area contributed by atoms with Crippen LogP contribution in [0.5, 0.6) is 0 Å². The summed E-state index contributed by atoms with van der Waals surface area (Å²) in [6.07, 6.45) is 0.167. The van der Waals surface area contributed by atoms with Crippen molar-refractivity contribution in [2.75, 3.05) is 32.5 Å². The minimum atomic E-state index is 0.167. The number of rotatable bonds is 1. The van der Waals surface area contributed by atoms with E-state index in [-0.39, 0.29) is 6.10 Å². The third kappa shape index (κ3) is 2.51. The van der Waals surface area contributed by atoms with Gasteiger partial charge in [0.05, 0.1) is 12.7 Å². The van der Waals surface area contributed by atoms with Crippen LogP contribution in [0.25, 0.3) is 0 Å². The summed E-state index contributed by atoms with van der Waals surface area (Å²) in [5.41, 5.74) is 7.70. The Morgan fingerprint density at radius 1 is 1.53 bits per heavy atom. The first-order valence-electron chi connectivity index (χ1n) is 5.02. The summed E-state index contributed by atoms with van der Waals surface area (Å²) < 4.78 is 6.67. The first kappa shape index (κ1) is 10.9. The third-order valence-electron chi connectivity index (χ3n) is 2.67. The van der Waals surface area contributed by atoms with Crippen LogP contribution >= 0.6 is 15.9 Å². The van der Waals surface area contributed by atoms with E-state index in [1.165, 1.54) is 5.56 Å². The van der Waals surface area contributed by atoms with E-state index in [4.69, 9.17) is 10.5 Å². The summed E-state index contributed by atoms with van der Waals surface area (Å²) >= 11 is 3.43. The Hall–Kier alpha value is -0.580. The van der Waals surface area contributed by atoms with Crippen LogP contribution in [0.15, 0.2) is 22.7 Å². The second kappa shape index (κ2) is 4.51. The molecule has 0 spiro atoms. The van der Waals surface area contributed by atoms with Crippen molar-refractivity contribution in [1.82, 2.24) is 4.90 Å². The second-order valence-electron chi connectivity index (χ2n) is 3.90. The number of morpholine rings is 1. The predicted octanol–water partition coefficient (Wildman–Crippen LogP) is 2.03. The van der Waals surface area contributed by atoms with E-state index < -0.39 is 0 Å². The SMILES string of the molecule is CN1CCOC(c2ccc(N)c(Br)c2)C1. The van der Waals surface area contributed by atoms with Gasteiger partial charge in [-0.2, -0.15) is 0 Å². The Labute approximate surface area is 98.3 Å². The number of nitrogens with two attached hydrogens (primary N) is 1. The lowest BCUT2D eigenvalue weighted by Gasteiger charge is -2.30. The first-order chi connectivity index (χ1) is 7.16. The highest BCUT2D eigenvalue weighted by Gasteiger charge is 2.19. The minimum Gasteiger partial charge on any atom is -0.398 e. The Morgan fingerprint density at radius 3 is 3.00 bits per heavy atom. The number of anilines is 1. The molecule has 0 saturated carbocycles. The van der Waals surface area contributed by atoms with Crippen molar-refractivity contribution in [3.63, 3.8) is 0 Å². The van der Waals surface area contributed by atoms with Gasteiger partial charge in [0.15, 0.2) is 0 Å². The summed E-state index contributed by atoms with van der Waals surface area (Å²) in [6, 6.07) is 5.99. The summed E-state index contributed by atoms with van der Waals surface area (Å²) in [5.74, 6) is 0. The molecule has 0 bridgehead atoms. The van der Waals surface area contributed by atoms with Gasteiger partial charge in [-0.1, -0.05) is 6.07 Å². The zero-order chi connectivity index (χ0) is 10.8. The van der Waals surface area contributed by atoms with Gasteiger partial charge in [0.25, 0.3) is 0 Å². The highest BCUT2D eigenvalue weighted by Crippen LogP contribution is 2.27. The highest BCUT2D eigenvalue weighted by atomic mass is 79.9. The van der Waals surface area contributed by atoms with Gasteiger partial charge in [0.1, 0.15) is 0 Å². The van der Waals surface area contributed by atoms with Crippen molar-refractivity contribution in [3.8, 4) is 0 Å². The molecule has 0 amide bonds. The van der Waals surface area contributed by atoms with E-state index in [2.05, 4.69) is 27.9 Å². The van der Waals surface area contributed by atoms with Gasteiger partial charge >= 0.3 is 0 Å². The number of nitrogen functional groups attached to an aromatic ring is 1. The van der Waals surface area contributed by atoms with Crippen LogP contribution < -0.4 is 5.73 Å². The molecular weight excluding hydrogens is 256 g/mol. The van der Waals surface area contributed by atoms with Gasteiger partial charge in [0, 0.05) is 23.2 Å². The van der Waals surface area contributed by atoms with E-state index in [9.17, 15) is 0 Å². The average Bonchev–Trinajstić information content (AvgIpc) is 2.22. The Kier molecular flexibility index (Phi) is 3.29. The molecule has 1 heterocycles. The maximum atomic E-state index is 5.75. The summed E-state index contributed by atoms with van der Waals surface area (Å²) in [7, 11) is 2.11. The largest absolute Gasteiger partial charge is 0.398 e. The van der Waals surface area contributed by atoms with Crippen LogP contribution in [0.4, 0.5) is 5.69 Å². The molecule has 1 aromatic carbocycles. The number of likely N-dealkylation sites (N-methyl/N-ethyl adjacent to an activating group) is 1. The number of ether oxygens (including phenoxy) is 1. The summed E-state index contributed by atoms with van der Waals surface area (Å²) in [5, 5.41) is 0. The van der Waals surface area contributed by atoms with E-state index in [0.717, 1.165) is 29.9 Å². The van der Waals surface area contributed by atoms with Gasteiger partial charge < -0.3 is 15.4 Å². The molecule has 2 rings (SSSR count). The predicted molar refractivity (Wildman–Crippen MR) is 64.7 cm³/mol. The summed E-state index contributed by atoms with van der Waals surface area (Å²) in [6.45, 7) is 2.74. The number of hydrogen-bond donors (Lipinski definition) is 1. The number of nitrogens with zero attached hydrogens (tertiary/aromatic N) is 1. The second-order valence-corrected chi connectivity index (χ2v) is 4.76. The molecule has 0 aliphatic carbocycles. The molecule has 1 aliphatic rings. The number of halogens is 1. The van der Waals surface area contributed by atoms with Gasteiger partial charge in [-0.15, -0.1) is 0 Å². The molecule has 4 heteroatoms. The molecular formula is C11H15BrN2O. The highest BCUT2D eigenvalue weighted by molar-refractivity contribution is 9.10. The standard InChI is InChI=1S/C11H15BrN2O/c1-14-4-5-15-11(7-14)8-2-3-10(13)9(12)6-8/h2-3,6,11H,4-5,7,13H2,1H3. The maximum absolute atomic E-state index is 5.75. The zero-order valence-electron chi connectivity index (χ0n) is 8.74. The van der Waals surface area contributed by atoms with Crippen molar-refractivity contribution in [2.45, 2.75) is 6.10 Å². The lowest BCUT2D eigenvalue weighted by atomic mass is 10.1. The first-order valence-corrected chi connectivity index (χ1v) is 5.81. The summed E-state index contributed by atoms with van der Waals surface area (Å²) in [4.78, 5) is 2.28. The maximum Gasteiger partial charge on any atom is 0.0952 e. The van der Waals surface area contributed by atoms with Crippen LogP contribution in [-0.4, -0.2) is 31.6 Å². The Bertz CT molecular complexity index is 356. The van der Waals surface area contributed by atoms with Crippen LogP contribution in [-0.2, 0) is 4.74 Å². The number of benzene rings is 1. The molecule has 1 atom stereocenters. The minimum absolute atomic E-state index is 0.167. The zero-order valence-corrected chi connectivity index (χ0v) is 10.3. The number of hydrogen-bond acceptors (Lipinski definition) is 3. The van der Waals surface area contributed by atoms with Crippen LogP contribution in [0.1, 0.15) is 11.7 Å². The molecule has 1 fully saturated rings. The van der Waals surface area contributed by atoms with Crippen molar-refractivity contribution >= 4 is 21.6 Å². The third-order valence-corrected chi connectivity index (χ3v) is 3.35. The molecule has 1 unspecified atom stereocenters. The van der Waals surface area contributed by atoms with Crippen molar-refractivity contribution in [2.24, 2.45) is 0 Å². The molecule has 82 valence electrons. The molecule has 15 heavy (non-hydrogen) atoms. The van der Waals surface area contributed by atoms with Crippen molar-refractivity contribution in [1.29, 1.82) is 0 Å². The van der Waals surface area contributed by atoms with Crippen LogP contribution in [0.3, 0.4) is 0 Å². The molecule has 1 saturated heterocycles. The quantitative estimate of drug-likeness (QED) is 0.794. The molecule has 2 N–H and O–H groups in total. The van der Waals surface area contributed by atoms with Crippen molar-refractivity contribution < 1.29 is 4.74 Å². The van der Waals surface area contributed by atoms with E-state index >= 15 is 0 Å². The van der Waals surface area contributed by atoms with Crippen LogP contribution in [0, 0.1) is 0 Å². The fourth-order valence-corrected chi connectivity index (χ4v) is 2.12. The molecule has 3 nitrogen and oxygen atoms in total. The topological polar surface area (TPSA) is 38.5 Å². The Morgan fingerprint density at radius 2 is 2.33 bits per heavy atom. The molecule has 1 aromatic rings. The molecule has 0 radical (unpaired) electrons.